The smallest absolute Gasteiger partial charge is 0.137 e. The van der Waals surface area contributed by atoms with Crippen LogP contribution >= 0.6 is 0 Å². The Labute approximate surface area is 93.6 Å². The molecule has 0 aliphatic rings. The van der Waals surface area contributed by atoms with E-state index < -0.39 is 0 Å². The number of nitrogens with zero attached hydrogens (tertiary/aromatic N) is 2. The summed E-state index contributed by atoms with van der Waals surface area (Å²) >= 11 is 0. The number of H-pyrrole nitrogens is 1. The zero-order chi connectivity index (χ0) is 11.4. The van der Waals surface area contributed by atoms with E-state index in [-0.39, 0.29) is 6.61 Å². The van der Waals surface area contributed by atoms with E-state index in [1.165, 1.54) is 0 Å². The Hall–Kier alpha value is -1.86. The van der Waals surface area contributed by atoms with Gasteiger partial charge >= 0.3 is 0 Å². The summed E-state index contributed by atoms with van der Waals surface area (Å²) in [7, 11) is 0. The molecule has 0 amide bonds. The monoisotopic (exact) mass is 215 g/mol. The molecule has 4 heteroatoms. The quantitative estimate of drug-likeness (QED) is 0.763. The maximum atomic E-state index is 8.81. The fourth-order valence-corrected chi connectivity index (χ4v) is 1.75. The third kappa shape index (κ3) is 2.05. The molecule has 0 radical (unpaired) electrons. The van der Waals surface area contributed by atoms with Gasteiger partial charge in [-0.1, -0.05) is 0 Å². The van der Waals surface area contributed by atoms with Crippen molar-refractivity contribution in [2.45, 2.75) is 19.3 Å². The molecule has 0 unspecified atom stereocenters. The first-order valence-electron chi connectivity index (χ1n) is 5.32. The summed E-state index contributed by atoms with van der Waals surface area (Å²) in [6, 6.07) is 3.94. The lowest BCUT2D eigenvalue weighted by Gasteiger charge is -1.98. The van der Waals surface area contributed by atoms with Crippen molar-refractivity contribution in [3.05, 3.63) is 29.6 Å². The topological polar surface area (TPSA) is 72.7 Å². The number of aliphatic hydroxyl groups excluding tert-OH is 1. The Bertz CT molecular complexity index is 525. The van der Waals surface area contributed by atoms with Gasteiger partial charge in [-0.25, -0.2) is 4.98 Å². The zero-order valence-electron chi connectivity index (χ0n) is 8.90. The first kappa shape index (κ1) is 10.7. The number of rotatable bonds is 4. The van der Waals surface area contributed by atoms with Crippen LogP contribution in [0.5, 0.6) is 0 Å². The predicted molar refractivity (Wildman–Crippen MR) is 60.8 cm³/mol. The first-order valence-corrected chi connectivity index (χ1v) is 5.32. The van der Waals surface area contributed by atoms with Crippen LogP contribution < -0.4 is 0 Å². The van der Waals surface area contributed by atoms with Gasteiger partial charge in [0, 0.05) is 24.4 Å². The second kappa shape index (κ2) is 4.77. The molecule has 0 atom stereocenters. The number of hydrogen-bond donors (Lipinski definition) is 2. The van der Waals surface area contributed by atoms with E-state index in [9.17, 15) is 0 Å². The molecule has 0 aliphatic heterocycles. The molecule has 0 saturated heterocycles. The van der Waals surface area contributed by atoms with E-state index in [2.05, 4.69) is 16.0 Å². The van der Waals surface area contributed by atoms with Crippen molar-refractivity contribution in [1.29, 1.82) is 5.26 Å². The lowest BCUT2D eigenvalue weighted by atomic mass is 10.1. The summed E-state index contributed by atoms with van der Waals surface area (Å²) in [6.45, 7) is 0.226. The molecular formula is C12H13N3O. The number of aliphatic hydroxyl groups is 1. The minimum atomic E-state index is 0.226. The van der Waals surface area contributed by atoms with Crippen LogP contribution in [0.25, 0.3) is 11.0 Å². The fourth-order valence-electron chi connectivity index (χ4n) is 1.75. The molecule has 0 spiro atoms. The van der Waals surface area contributed by atoms with Crippen molar-refractivity contribution in [2.75, 3.05) is 6.61 Å². The van der Waals surface area contributed by atoms with Crippen LogP contribution in [0.2, 0.25) is 0 Å². The van der Waals surface area contributed by atoms with Gasteiger partial charge in [-0.15, -0.1) is 0 Å². The average molecular weight is 215 g/mol. The molecule has 0 fully saturated rings. The first-order chi connectivity index (χ1) is 7.85. The normalized spacial score (nSPS) is 10.5. The van der Waals surface area contributed by atoms with Crippen molar-refractivity contribution in [3.8, 4) is 6.07 Å². The van der Waals surface area contributed by atoms with E-state index in [4.69, 9.17) is 10.4 Å². The van der Waals surface area contributed by atoms with Gasteiger partial charge in [0.15, 0.2) is 0 Å². The van der Waals surface area contributed by atoms with Crippen molar-refractivity contribution in [3.63, 3.8) is 0 Å². The van der Waals surface area contributed by atoms with Crippen LogP contribution in [0.1, 0.15) is 24.0 Å². The molecule has 0 aromatic carbocycles. The van der Waals surface area contributed by atoms with Gasteiger partial charge in [0.1, 0.15) is 11.7 Å². The van der Waals surface area contributed by atoms with Crippen molar-refractivity contribution in [1.82, 2.24) is 9.97 Å². The van der Waals surface area contributed by atoms with Crippen LogP contribution in [0.3, 0.4) is 0 Å². The van der Waals surface area contributed by atoms with Crippen LogP contribution in [-0.4, -0.2) is 21.7 Å². The number of hydrogen-bond acceptors (Lipinski definition) is 3. The number of nitriles is 1. The third-order valence-corrected chi connectivity index (χ3v) is 2.60. The molecule has 2 N–H and O–H groups in total. The molecule has 0 saturated carbocycles. The summed E-state index contributed by atoms with van der Waals surface area (Å²) in [6.07, 6.45) is 6.14. The van der Waals surface area contributed by atoms with E-state index in [0.29, 0.717) is 5.56 Å². The number of nitrogens with one attached hydrogen (secondary N) is 1. The summed E-state index contributed by atoms with van der Waals surface area (Å²) in [4.78, 5) is 7.26. The van der Waals surface area contributed by atoms with Gasteiger partial charge in [0.05, 0.1) is 5.56 Å². The number of aryl methyl sites for hydroxylation is 1. The van der Waals surface area contributed by atoms with Gasteiger partial charge in [-0.2, -0.15) is 5.26 Å². The average Bonchev–Trinajstić information content (AvgIpc) is 2.72. The summed E-state index contributed by atoms with van der Waals surface area (Å²) < 4.78 is 0. The molecule has 16 heavy (non-hydrogen) atoms. The van der Waals surface area contributed by atoms with Gasteiger partial charge in [0.25, 0.3) is 0 Å². The summed E-state index contributed by atoms with van der Waals surface area (Å²) in [5, 5.41) is 18.5. The lowest BCUT2D eigenvalue weighted by Crippen LogP contribution is -1.88. The molecule has 2 aromatic heterocycles. The maximum Gasteiger partial charge on any atom is 0.137 e. The Morgan fingerprint density at radius 2 is 2.31 bits per heavy atom. The van der Waals surface area contributed by atoms with Crippen LogP contribution in [0.4, 0.5) is 0 Å². The summed E-state index contributed by atoms with van der Waals surface area (Å²) in [5.74, 6) is 0. The Balaban J connectivity index is 2.28. The summed E-state index contributed by atoms with van der Waals surface area (Å²) in [5.41, 5.74) is 2.56. The lowest BCUT2D eigenvalue weighted by molar-refractivity contribution is 0.284. The Morgan fingerprint density at radius 1 is 1.44 bits per heavy atom. The van der Waals surface area contributed by atoms with Gasteiger partial charge in [0.2, 0.25) is 0 Å². The predicted octanol–water partition coefficient (Wildman–Crippen LogP) is 1.75. The largest absolute Gasteiger partial charge is 0.396 e. The third-order valence-electron chi connectivity index (χ3n) is 2.60. The Kier molecular flexibility index (Phi) is 3.18. The van der Waals surface area contributed by atoms with Crippen molar-refractivity contribution >= 4 is 11.0 Å². The van der Waals surface area contributed by atoms with Crippen molar-refractivity contribution < 1.29 is 5.11 Å². The second-order valence-electron chi connectivity index (χ2n) is 3.73. The minimum Gasteiger partial charge on any atom is -0.396 e. The molecule has 4 nitrogen and oxygen atoms in total. The molecule has 0 aliphatic carbocycles. The van der Waals surface area contributed by atoms with Crippen LogP contribution in [0, 0.1) is 11.3 Å². The van der Waals surface area contributed by atoms with Crippen molar-refractivity contribution in [2.24, 2.45) is 0 Å². The van der Waals surface area contributed by atoms with Gasteiger partial charge in [-0.05, 0) is 30.9 Å². The highest BCUT2D eigenvalue weighted by atomic mass is 16.2. The van der Waals surface area contributed by atoms with Gasteiger partial charge in [-0.3, -0.25) is 0 Å². The highest BCUT2D eigenvalue weighted by Gasteiger charge is 2.05. The maximum absolute atomic E-state index is 8.81. The highest BCUT2D eigenvalue weighted by Crippen LogP contribution is 2.19. The van der Waals surface area contributed by atoms with Crippen LogP contribution in [0.15, 0.2) is 18.5 Å². The van der Waals surface area contributed by atoms with E-state index in [0.717, 1.165) is 35.9 Å². The molecule has 0 bridgehead atoms. The molecule has 2 heterocycles. The second-order valence-corrected chi connectivity index (χ2v) is 3.73. The van der Waals surface area contributed by atoms with Crippen LogP contribution in [-0.2, 0) is 6.42 Å². The van der Waals surface area contributed by atoms with Gasteiger partial charge < -0.3 is 10.1 Å². The van der Waals surface area contributed by atoms with E-state index in [1.807, 2.05) is 12.3 Å². The standard InChI is InChI=1S/C12H13N3O/c13-6-9-5-11-10(3-1-2-4-16)8-15-12(11)14-7-9/h5,7-8,16H,1-4H2,(H,14,15). The molecule has 2 aromatic rings. The van der Waals surface area contributed by atoms with E-state index >= 15 is 0 Å². The number of pyridine rings is 1. The highest BCUT2D eigenvalue weighted by molar-refractivity contribution is 5.80. The molecule has 2 rings (SSSR count). The SMILES string of the molecule is N#Cc1cnc2[nH]cc(CCCCO)c2c1. The fraction of sp³-hybridized carbons (Fsp3) is 0.333. The zero-order valence-corrected chi connectivity index (χ0v) is 8.90. The molecule has 82 valence electrons. The number of unbranched alkanes of at least 4 members (excludes halogenated alkanes) is 1. The van der Waals surface area contributed by atoms with E-state index in [1.54, 1.807) is 6.20 Å². The molecular weight excluding hydrogens is 202 g/mol. The number of aromatic amines is 1. The minimum absolute atomic E-state index is 0.226. The number of aromatic nitrogens is 2. The Morgan fingerprint density at radius 3 is 3.06 bits per heavy atom. The number of fused-ring (bicyclic) bond motifs is 1.